The van der Waals surface area contributed by atoms with E-state index in [0.717, 1.165) is 16.0 Å². The molecule has 124 valence electrons. The van der Waals surface area contributed by atoms with E-state index in [4.69, 9.17) is 11.6 Å². The molecule has 4 aromatic rings. The molecule has 0 aliphatic carbocycles. The van der Waals surface area contributed by atoms with Crippen molar-refractivity contribution in [1.29, 1.82) is 0 Å². The summed E-state index contributed by atoms with van der Waals surface area (Å²) in [5.74, 6) is 0.424. The van der Waals surface area contributed by atoms with Crippen molar-refractivity contribution in [3.63, 3.8) is 0 Å². The van der Waals surface area contributed by atoms with Crippen LogP contribution >= 0.6 is 22.9 Å². The third kappa shape index (κ3) is 2.71. The van der Waals surface area contributed by atoms with E-state index in [1.54, 1.807) is 12.1 Å². The Morgan fingerprint density at radius 3 is 2.60 bits per heavy atom. The van der Waals surface area contributed by atoms with Gasteiger partial charge in [0.2, 0.25) is 0 Å². The Balaban J connectivity index is 1.95. The number of aromatic hydroxyl groups is 1. The third-order valence-electron chi connectivity index (χ3n) is 4.02. The van der Waals surface area contributed by atoms with Gasteiger partial charge in [-0.05, 0) is 30.7 Å². The quantitative estimate of drug-likeness (QED) is 0.524. The Hall–Kier alpha value is -2.63. The van der Waals surface area contributed by atoms with Gasteiger partial charge < -0.3 is 10.1 Å². The van der Waals surface area contributed by atoms with E-state index in [1.807, 2.05) is 37.3 Å². The van der Waals surface area contributed by atoms with Crippen molar-refractivity contribution in [2.24, 2.45) is 0 Å². The van der Waals surface area contributed by atoms with Gasteiger partial charge in [-0.1, -0.05) is 41.9 Å². The summed E-state index contributed by atoms with van der Waals surface area (Å²) >= 11 is 7.45. The lowest BCUT2D eigenvalue weighted by molar-refractivity contribution is 0.475. The van der Waals surface area contributed by atoms with Gasteiger partial charge in [0.05, 0.1) is 10.4 Å². The van der Waals surface area contributed by atoms with Crippen molar-refractivity contribution < 1.29 is 5.11 Å². The minimum absolute atomic E-state index is 0.00725. The van der Waals surface area contributed by atoms with E-state index in [9.17, 15) is 9.90 Å². The minimum Gasteiger partial charge on any atom is -0.506 e. The number of phenolic OH excluding ortho intramolecular Hbond substituents is 1. The minimum atomic E-state index is -0.188. The average molecular weight is 369 g/mol. The van der Waals surface area contributed by atoms with Gasteiger partial charge in [-0.2, -0.15) is 0 Å². The second-order valence-electron chi connectivity index (χ2n) is 5.66. The first kappa shape index (κ1) is 15.9. The molecule has 0 saturated carbocycles. The molecule has 25 heavy (non-hydrogen) atoms. The van der Waals surface area contributed by atoms with Crippen LogP contribution < -0.4 is 5.56 Å². The molecule has 0 amide bonds. The molecule has 4 rings (SSSR count). The van der Waals surface area contributed by atoms with Crippen molar-refractivity contribution in [3.05, 3.63) is 68.8 Å². The SMILES string of the molecule is Cc1sc2nc(-c3ccc(O)c(Cl)c3)[nH]c(=O)c2c1-c1ccccc1. The van der Waals surface area contributed by atoms with Gasteiger partial charge in [0.25, 0.3) is 5.56 Å². The highest BCUT2D eigenvalue weighted by Crippen LogP contribution is 2.36. The lowest BCUT2D eigenvalue weighted by Gasteiger charge is -2.04. The summed E-state index contributed by atoms with van der Waals surface area (Å²) in [4.78, 5) is 21.9. The van der Waals surface area contributed by atoms with Gasteiger partial charge in [-0.25, -0.2) is 4.98 Å². The summed E-state index contributed by atoms with van der Waals surface area (Å²) in [6.45, 7) is 1.99. The summed E-state index contributed by atoms with van der Waals surface area (Å²) in [5.41, 5.74) is 2.38. The number of aromatic amines is 1. The highest BCUT2D eigenvalue weighted by molar-refractivity contribution is 7.19. The number of hydrogen-bond donors (Lipinski definition) is 2. The Kier molecular flexibility index (Phi) is 3.82. The van der Waals surface area contributed by atoms with Crippen LogP contribution in [0.1, 0.15) is 4.88 Å². The number of phenols is 1. The van der Waals surface area contributed by atoms with E-state index in [2.05, 4.69) is 9.97 Å². The number of nitrogens with zero attached hydrogens (tertiary/aromatic N) is 1. The Bertz CT molecular complexity index is 1150. The Morgan fingerprint density at radius 1 is 1.12 bits per heavy atom. The van der Waals surface area contributed by atoms with Crippen LogP contribution in [0.3, 0.4) is 0 Å². The molecule has 0 radical (unpaired) electrons. The fourth-order valence-electron chi connectivity index (χ4n) is 2.86. The van der Waals surface area contributed by atoms with Crippen molar-refractivity contribution in [3.8, 4) is 28.3 Å². The summed E-state index contributed by atoms with van der Waals surface area (Å²) in [7, 11) is 0. The van der Waals surface area contributed by atoms with Gasteiger partial charge in [-0.15, -0.1) is 11.3 Å². The molecular weight excluding hydrogens is 356 g/mol. The number of nitrogens with one attached hydrogen (secondary N) is 1. The maximum atomic E-state index is 12.8. The molecule has 2 aromatic heterocycles. The molecule has 0 atom stereocenters. The van der Waals surface area contributed by atoms with Gasteiger partial charge in [0.1, 0.15) is 16.4 Å². The first-order chi connectivity index (χ1) is 12.0. The largest absolute Gasteiger partial charge is 0.506 e. The second kappa shape index (κ2) is 6.02. The zero-order chi connectivity index (χ0) is 17.6. The number of thiophene rings is 1. The van der Waals surface area contributed by atoms with Crippen LogP contribution in [0.25, 0.3) is 32.7 Å². The van der Waals surface area contributed by atoms with Gasteiger partial charge in [-0.3, -0.25) is 4.79 Å². The van der Waals surface area contributed by atoms with Crippen molar-refractivity contribution >= 4 is 33.2 Å². The molecule has 6 heteroatoms. The Labute approximate surface area is 152 Å². The maximum absolute atomic E-state index is 12.8. The molecule has 0 saturated heterocycles. The average Bonchev–Trinajstić information content (AvgIpc) is 2.94. The van der Waals surface area contributed by atoms with Crippen LogP contribution in [0.5, 0.6) is 5.75 Å². The zero-order valence-electron chi connectivity index (χ0n) is 13.2. The first-order valence-corrected chi connectivity index (χ1v) is 8.82. The number of benzene rings is 2. The molecule has 4 nitrogen and oxygen atoms in total. The van der Waals surface area contributed by atoms with Crippen molar-refractivity contribution in [1.82, 2.24) is 9.97 Å². The summed E-state index contributed by atoms with van der Waals surface area (Å²) < 4.78 is 0. The van der Waals surface area contributed by atoms with E-state index in [-0.39, 0.29) is 16.3 Å². The molecule has 0 fully saturated rings. The van der Waals surface area contributed by atoms with E-state index >= 15 is 0 Å². The molecule has 0 aliphatic heterocycles. The van der Waals surface area contributed by atoms with Crippen LogP contribution in [0.4, 0.5) is 0 Å². The van der Waals surface area contributed by atoms with Crippen LogP contribution in [-0.4, -0.2) is 15.1 Å². The van der Waals surface area contributed by atoms with Crippen LogP contribution in [0.15, 0.2) is 53.3 Å². The monoisotopic (exact) mass is 368 g/mol. The van der Waals surface area contributed by atoms with Crippen molar-refractivity contribution in [2.45, 2.75) is 6.92 Å². The lowest BCUT2D eigenvalue weighted by Crippen LogP contribution is -2.09. The topological polar surface area (TPSA) is 66.0 Å². The van der Waals surface area contributed by atoms with Gasteiger partial charge in [0, 0.05) is 16.0 Å². The van der Waals surface area contributed by atoms with Crippen LogP contribution in [0, 0.1) is 6.92 Å². The third-order valence-corrected chi connectivity index (χ3v) is 5.32. The molecule has 2 aromatic carbocycles. The smallest absolute Gasteiger partial charge is 0.260 e. The fraction of sp³-hybridized carbons (Fsp3) is 0.0526. The number of rotatable bonds is 2. The molecule has 2 N–H and O–H groups in total. The highest BCUT2D eigenvalue weighted by atomic mass is 35.5. The standard InChI is InChI=1S/C19H13ClN2O2S/c1-10-15(11-5-3-2-4-6-11)16-18(24)21-17(22-19(16)25-10)12-7-8-14(23)13(20)9-12/h2-9,23H,1H3,(H,21,22,24). The predicted octanol–water partition coefficient (Wildman–Crippen LogP) is 4.99. The molecular formula is C19H13ClN2O2S. The first-order valence-electron chi connectivity index (χ1n) is 7.62. The van der Waals surface area contributed by atoms with Crippen LogP contribution in [-0.2, 0) is 0 Å². The number of halogens is 1. The molecule has 0 bridgehead atoms. The fourth-order valence-corrected chi connectivity index (χ4v) is 4.09. The van der Waals surface area contributed by atoms with Crippen molar-refractivity contribution in [2.75, 3.05) is 0 Å². The predicted molar refractivity (Wildman–Crippen MR) is 103 cm³/mol. The number of H-pyrrole nitrogens is 1. The lowest BCUT2D eigenvalue weighted by atomic mass is 10.0. The summed E-state index contributed by atoms with van der Waals surface area (Å²) in [6, 6.07) is 14.6. The number of fused-ring (bicyclic) bond motifs is 1. The molecule has 0 aliphatic rings. The van der Waals surface area contributed by atoms with E-state index in [0.29, 0.717) is 21.6 Å². The van der Waals surface area contributed by atoms with Crippen LogP contribution in [0.2, 0.25) is 5.02 Å². The number of aryl methyl sites for hydroxylation is 1. The number of hydrogen-bond acceptors (Lipinski definition) is 4. The van der Waals surface area contributed by atoms with Gasteiger partial charge >= 0.3 is 0 Å². The molecule has 2 heterocycles. The van der Waals surface area contributed by atoms with Gasteiger partial charge in [0.15, 0.2) is 0 Å². The normalized spacial score (nSPS) is 11.1. The molecule has 0 unspecified atom stereocenters. The van der Waals surface area contributed by atoms with E-state index < -0.39 is 0 Å². The Morgan fingerprint density at radius 2 is 1.88 bits per heavy atom. The number of aromatic nitrogens is 2. The molecule has 0 spiro atoms. The zero-order valence-corrected chi connectivity index (χ0v) is 14.8. The summed E-state index contributed by atoms with van der Waals surface area (Å²) in [5, 5.41) is 10.4. The van der Waals surface area contributed by atoms with E-state index in [1.165, 1.54) is 17.4 Å². The summed E-state index contributed by atoms with van der Waals surface area (Å²) in [6.07, 6.45) is 0. The maximum Gasteiger partial charge on any atom is 0.260 e. The second-order valence-corrected chi connectivity index (χ2v) is 7.27. The highest BCUT2D eigenvalue weighted by Gasteiger charge is 2.17.